The number of hydrogen-bond donors (Lipinski definition) is 2. The molecule has 2 aliphatic rings. The number of nitrogens with one attached hydrogen (secondary N) is 2. The van der Waals surface area contributed by atoms with Crippen molar-refractivity contribution in [1.82, 2.24) is 10.9 Å². The molecule has 1 aliphatic heterocycles. The van der Waals surface area contributed by atoms with Gasteiger partial charge < -0.3 is 9.47 Å². The second-order valence-electron chi connectivity index (χ2n) is 6.93. The fourth-order valence-corrected chi connectivity index (χ4v) is 4.76. The van der Waals surface area contributed by atoms with Gasteiger partial charge in [-0.05, 0) is 47.7 Å². The van der Waals surface area contributed by atoms with E-state index in [2.05, 4.69) is 23.0 Å². The number of carbonyl (C=O) groups is 2. The van der Waals surface area contributed by atoms with Crippen molar-refractivity contribution in [3.63, 3.8) is 0 Å². The molecule has 0 bridgehead atoms. The molecule has 1 aliphatic carbocycles. The molecule has 0 saturated carbocycles. The largest absolute Gasteiger partial charge is 0.485 e. The summed E-state index contributed by atoms with van der Waals surface area (Å²) in [7, 11) is 0. The highest BCUT2D eigenvalue weighted by molar-refractivity contribution is 7.17. The molecule has 5 rings (SSSR count). The number of para-hydroxylation sites is 2. The van der Waals surface area contributed by atoms with E-state index in [9.17, 15) is 9.59 Å². The Morgan fingerprint density at radius 1 is 0.931 bits per heavy atom. The van der Waals surface area contributed by atoms with Crippen LogP contribution in [0, 0.1) is 0 Å². The molecule has 2 N–H and O–H groups in total. The molecule has 0 fully saturated rings. The van der Waals surface area contributed by atoms with Crippen molar-refractivity contribution in [3.05, 3.63) is 70.6 Å². The molecule has 6 nitrogen and oxygen atoms in total. The summed E-state index contributed by atoms with van der Waals surface area (Å²) in [5, 5.41) is 0. The Kier molecular flexibility index (Phi) is 4.44. The molecule has 1 aromatic heterocycles. The van der Waals surface area contributed by atoms with Gasteiger partial charge in [0, 0.05) is 4.88 Å². The van der Waals surface area contributed by atoms with E-state index in [0.717, 1.165) is 17.7 Å². The summed E-state index contributed by atoms with van der Waals surface area (Å²) in [6.45, 7) is 0.0861. The fraction of sp³-hybridized carbons (Fsp3) is 0.182. The number of amides is 2. The number of carbonyl (C=O) groups excluding carboxylic acids is 2. The van der Waals surface area contributed by atoms with Crippen LogP contribution in [0.1, 0.15) is 20.8 Å². The predicted molar refractivity (Wildman–Crippen MR) is 109 cm³/mol. The number of hydrogen-bond acceptors (Lipinski definition) is 5. The topological polar surface area (TPSA) is 76.7 Å². The number of hydrazine groups is 1. The van der Waals surface area contributed by atoms with E-state index in [1.807, 2.05) is 24.3 Å². The van der Waals surface area contributed by atoms with Crippen LogP contribution in [0.2, 0.25) is 0 Å². The zero-order valence-electron chi connectivity index (χ0n) is 15.4. The summed E-state index contributed by atoms with van der Waals surface area (Å²) in [6.07, 6.45) is 1.06. The van der Waals surface area contributed by atoms with Crippen molar-refractivity contribution in [1.29, 1.82) is 0 Å². The average molecular weight is 406 g/mol. The van der Waals surface area contributed by atoms with Crippen molar-refractivity contribution >= 4 is 23.2 Å². The fourth-order valence-electron chi connectivity index (χ4n) is 3.59. The Hall–Kier alpha value is -3.32. The maximum atomic E-state index is 12.6. The minimum Gasteiger partial charge on any atom is -0.485 e. The highest BCUT2D eigenvalue weighted by Crippen LogP contribution is 2.39. The van der Waals surface area contributed by atoms with Crippen molar-refractivity contribution in [3.8, 4) is 21.9 Å². The molecule has 0 spiro atoms. The van der Waals surface area contributed by atoms with Crippen LogP contribution in [0.15, 0.2) is 54.6 Å². The maximum absolute atomic E-state index is 12.6. The Labute approximate surface area is 171 Å². The first-order chi connectivity index (χ1) is 14.2. The minimum absolute atomic E-state index is 0.0861. The van der Waals surface area contributed by atoms with Gasteiger partial charge in [0.05, 0.1) is 4.88 Å². The van der Waals surface area contributed by atoms with E-state index in [0.29, 0.717) is 16.4 Å². The first kappa shape index (κ1) is 17.8. The molecular weight excluding hydrogens is 388 g/mol. The first-order valence-corrected chi connectivity index (χ1v) is 10.2. The molecule has 3 aromatic rings. The van der Waals surface area contributed by atoms with Crippen LogP contribution < -0.4 is 20.3 Å². The lowest BCUT2D eigenvalue weighted by atomic mass is 9.91. The second-order valence-corrected chi connectivity index (χ2v) is 7.98. The van der Waals surface area contributed by atoms with Gasteiger partial charge in [0.15, 0.2) is 11.5 Å². The smallest absolute Gasteiger partial charge is 0.283 e. The van der Waals surface area contributed by atoms with Crippen molar-refractivity contribution in [2.75, 3.05) is 6.61 Å². The molecule has 2 amide bonds. The van der Waals surface area contributed by atoms with Gasteiger partial charge in [-0.2, -0.15) is 0 Å². The van der Waals surface area contributed by atoms with E-state index in [1.165, 1.54) is 28.0 Å². The second kappa shape index (κ2) is 7.25. The minimum atomic E-state index is -0.825. The molecule has 2 aromatic carbocycles. The summed E-state index contributed by atoms with van der Waals surface area (Å²) in [6, 6.07) is 17.3. The Balaban J connectivity index is 1.24. The standard InChI is InChI=1S/C22H18N2O4S/c25-21(18-12-27-16-7-3-4-8-17(16)28-18)23-24-22(26)19-11-14-10-9-13-5-1-2-6-15(13)20(14)29-19/h1-8,11,18H,9-10,12H2,(H,23,25)(H,24,26). The van der Waals surface area contributed by atoms with E-state index in [1.54, 1.807) is 18.2 Å². The van der Waals surface area contributed by atoms with Crippen LogP contribution in [0.3, 0.4) is 0 Å². The van der Waals surface area contributed by atoms with Gasteiger partial charge in [0.2, 0.25) is 6.10 Å². The van der Waals surface area contributed by atoms with E-state index in [-0.39, 0.29) is 12.5 Å². The summed E-state index contributed by atoms with van der Waals surface area (Å²) in [5.74, 6) is 0.312. The molecule has 2 heterocycles. The van der Waals surface area contributed by atoms with Crippen LogP contribution >= 0.6 is 11.3 Å². The Morgan fingerprint density at radius 2 is 1.69 bits per heavy atom. The van der Waals surface area contributed by atoms with Gasteiger partial charge in [-0.25, -0.2) is 0 Å². The third kappa shape index (κ3) is 3.34. The maximum Gasteiger partial charge on any atom is 0.283 e. The first-order valence-electron chi connectivity index (χ1n) is 9.39. The van der Waals surface area contributed by atoms with Crippen LogP contribution in [-0.2, 0) is 17.6 Å². The average Bonchev–Trinajstić information content (AvgIpc) is 3.22. The number of rotatable bonds is 2. The molecular formula is C22H18N2O4S. The molecule has 146 valence electrons. The van der Waals surface area contributed by atoms with Crippen molar-refractivity contribution < 1.29 is 19.1 Å². The lowest BCUT2D eigenvalue weighted by molar-refractivity contribution is -0.131. The van der Waals surface area contributed by atoms with Gasteiger partial charge in [-0.1, -0.05) is 36.4 Å². The molecule has 29 heavy (non-hydrogen) atoms. The van der Waals surface area contributed by atoms with E-state index in [4.69, 9.17) is 9.47 Å². The molecule has 1 unspecified atom stereocenters. The van der Waals surface area contributed by atoms with Gasteiger partial charge >= 0.3 is 0 Å². The summed E-state index contributed by atoms with van der Waals surface area (Å²) in [5.41, 5.74) is 8.60. The highest BCUT2D eigenvalue weighted by atomic mass is 32.1. The molecule has 0 saturated heterocycles. The Morgan fingerprint density at radius 3 is 2.59 bits per heavy atom. The highest BCUT2D eigenvalue weighted by Gasteiger charge is 2.28. The number of fused-ring (bicyclic) bond motifs is 4. The summed E-state index contributed by atoms with van der Waals surface area (Å²) >= 11 is 1.44. The lowest BCUT2D eigenvalue weighted by Crippen LogP contribution is -2.50. The van der Waals surface area contributed by atoms with Crippen LogP contribution in [0.5, 0.6) is 11.5 Å². The van der Waals surface area contributed by atoms with Gasteiger partial charge in [0.25, 0.3) is 11.8 Å². The van der Waals surface area contributed by atoms with Crippen LogP contribution in [0.25, 0.3) is 10.4 Å². The monoisotopic (exact) mass is 406 g/mol. The Bertz CT molecular complexity index is 1110. The number of ether oxygens (including phenoxy) is 2. The van der Waals surface area contributed by atoms with E-state index >= 15 is 0 Å². The summed E-state index contributed by atoms with van der Waals surface area (Å²) < 4.78 is 11.2. The molecule has 0 radical (unpaired) electrons. The summed E-state index contributed by atoms with van der Waals surface area (Å²) in [4.78, 5) is 26.6. The number of benzene rings is 2. The zero-order chi connectivity index (χ0) is 19.8. The van der Waals surface area contributed by atoms with Crippen LogP contribution in [0.4, 0.5) is 0 Å². The lowest BCUT2D eigenvalue weighted by Gasteiger charge is -2.25. The molecule has 7 heteroatoms. The van der Waals surface area contributed by atoms with Crippen molar-refractivity contribution in [2.45, 2.75) is 18.9 Å². The third-order valence-electron chi connectivity index (χ3n) is 5.06. The normalized spacial score (nSPS) is 16.3. The number of thiophene rings is 1. The van der Waals surface area contributed by atoms with Gasteiger partial charge in [-0.15, -0.1) is 11.3 Å². The van der Waals surface area contributed by atoms with Crippen LogP contribution in [-0.4, -0.2) is 24.5 Å². The van der Waals surface area contributed by atoms with Gasteiger partial charge in [-0.3, -0.25) is 20.4 Å². The van der Waals surface area contributed by atoms with E-state index < -0.39 is 12.0 Å². The van der Waals surface area contributed by atoms with Gasteiger partial charge in [0.1, 0.15) is 6.61 Å². The third-order valence-corrected chi connectivity index (χ3v) is 6.27. The SMILES string of the molecule is O=C(NNC(=O)C1COc2ccccc2O1)c1cc2c(s1)-c1ccccc1CC2. The quantitative estimate of drug-likeness (QED) is 0.641. The molecule has 1 atom stereocenters. The van der Waals surface area contributed by atoms with Crippen molar-refractivity contribution in [2.24, 2.45) is 0 Å². The predicted octanol–water partition coefficient (Wildman–Crippen LogP) is 3.11. The zero-order valence-corrected chi connectivity index (χ0v) is 16.3. The number of aryl methyl sites for hydroxylation is 2.